The number of nitrogens with one attached hydrogen (secondary N) is 1. The van der Waals surface area contributed by atoms with Gasteiger partial charge in [0.1, 0.15) is 0 Å². The van der Waals surface area contributed by atoms with Gasteiger partial charge in [0.15, 0.2) is 0 Å². The van der Waals surface area contributed by atoms with E-state index in [9.17, 15) is 4.57 Å². The second-order valence-electron chi connectivity index (χ2n) is 4.95. The minimum absolute atomic E-state index is 0.0247. The van der Waals surface area contributed by atoms with Crippen molar-refractivity contribution < 1.29 is 18.9 Å². The molecule has 0 bridgehead atoms. The number of phosphoric ester groups is 1. The van der Waals surface area contributed by atoms with Crippen molar-refractivity contribution in [3.05, 3.63) is 57.5 Å². The van der Waals surface area contributed by atoms with Crippen LogP contribution in [0.5, 0.6) is 5.88 Å². The lowest BCUT2D eigenvalue weighted by Crippen LogP contribution is -1.89. The average molecular weight is 434 g/mol. The number of nitrogen functional groups attached to an aromatic ring is 1. The van der Waals surface area contributed by atoms with Crippen LogP contribution in [0, 0.1) is 6.92 Å². The van der Waals surface area contributed by atoms with Crippen molar-refractivity contribution in [3.8, 4) is 5.88 Å². The summed E-state index contributed by atoms with van der Waals surface area (Å²) >= 11 is 9.24. The summed E-state index contributed by atoms with van der Waals surface area (Å²) in [5.41, 5.74) is 8.14. The van der Waals surface area contributed by atoms with E-state index in [0.29, 0.717) is 20.4 Å². The van der Waals surface area contributed by atoms with Crippen molar-refractivity contribution in [1.82, 2.24) is 4.98 Å². The van der Waals surface area contributed by atoms with Crippen LogP contribution < -0.4 is 10.3 Å². The average Bonchev–Trinajstić information content (AvgIpc) is 2.88. The van der Waals surface area contributed by atoms with E-state index in [1.54, 1.807) is 12.1 Å². The number of fused-ring (bicyclic) bond motifs is 1. The third kappa shape index (κ3) is 5.26. The Morgan fingerprint density at radius 3 is 2.38 bits per heavy atom. The van der Waals surface area contributed by atoms with Gasteiger partial charge in [0.25, 0.3) is 0 Å². The number of aryl methyl sites for hydroxylation is 1. The highest BCUT2D eigenvalue weighted by Gasteiger charge is 2.18. The van der Waals surface area contributed by atoms with Crippen LogP contribution in [0.4, 0.5) is 5.69 Å². The summed E-state index contributed by atoms with van der Waals surface area (Å²) < 4.78 is 15.8. The van der Waals surface area contributed by atoms with Crippen LogP contribution in [0.15, 0.2) is 46.9 Å². The monoisotopic (exact) mass is 432 g/mol. The number of phosphoric acid groups is 1. The minimum Gasteiger partial charge on any atom is -0.399 e. The molecule has 6 nitrogen and oxygen atoms in total. The number of nitrogens with two attached hydrogens (primary N) is 1. The van der Waals surface area contributed by atoms with E-state index in [4.69, 9.17) is 27.1 Å². The topological polar surface area (TPSA) is 109 Å². The molecule has 3 rings (SSSR count). The predicted molar refractivity (Wildman–Crippen MR) is 99.3 cm³/mol. The normalized spacial score (nSPS) is 11.0. The number of aromatic nitrogens is 1. The maximum absolute atomic E-state index is 10.6. The number of hydrogen-bond acceptors (Lipinski definition) is 3. The van der Waals surface area contributed by atoms with Crippen LogP contribution in [-0.4, -0.2) is 14.8 Å². The molecule has 3 aromatic rings. The van der Waals surface area contributed by atoms with Gasteiger partial charge in [-0.2, -0.15) is 0 Å². The fraction of sp³-hybridized carbons (Fsp3) is 0.0667. The Morgan fingerprint density at radius 1 is 1.21 bits per heavy atom. The molecule has 1 aromatic heterocycles. The molecule has 24 heavy (non-hydrogen) atoms. The molecule has 0 aliphatic heterocycles. The van der Waals surface area contributed by atoms with E-state index in [2.05, 4.69) is 25.4 Å². The van der Waals surface area contributed by atoms with Gasteiger partial charge in [-0.3, -0.25) is 9.79 Å². The smallest absolute Gasteiger partial charge is 0.399 e. The zero-order valence-electron chi connectivity index (χ0n) is 12.5. The Labute approximate surface area is 152 Å². The van der Waals surface area contributed by atoms with E-state index >= 15 is 0 Å². The van der Waals surface area contributed by atoms with Crippen LogP contribution in [-0.2, 0) is 4.57 Å². The molecule has 1 heterocycles. The van der Waals surface area contributed by atoms with Crippen molar-refractivity contribution in [2.24, 2.45) is 0 Å². The Bertz CT molecular complexity index is 871. The van der Waals surface area contributed by atoms with Crippen molar-refractivity contribution in [2.45, 2.75) is 6.92 Å². The molecule has 5 N–H and O–H groups in total. The first-order valence-electron chi connectivity index (χ1n) is 6.70. The van der Waals surface area contributed by atoms with Gasteiger partial charge >= 0.3 is 7.82 Å². The lowest BCUT2D eigenvalue weighted by atomic mass is 10.2. The first-order chi connectivity index (χ1) is 11.2. The molecule has 0 amide bonds. The fourth-order valence-electron chi connectivity index (χ4n) is 1.86. The SMILES string of the molecule is Cc1ccc(N)cc1.O=P(O)(O)Oc1cc2c(Cl)c(Br)ccc2[nH]1. The highest BCUT2D eigenvalue weighted by molar-refractivity contribution is 9.10. The molecular formula is C15H15BrClN2O4P. The van der Waals surface area contributed by atoms with Gasteiger partial charge in [0, 0.05) is 27.1 Å². The Balaban J connectivity index is 0.000000219. The third-order valence-corrected chi connectivity index (χ3v) is 4.69. The van der Waals surface area contributed by atoms with Crippen molar-refractivity contribution in [1.29, 1.82) is 0 Å². The van der Waals surface area contributed by atoms with Gasteiger partial charge < -0.3 is 15.2 Å². The Kier molecular flexibility index (Phi) is 5.96. The number of aromatic amines is 1. The molecule has 0 saturated carbocycles. The number of hydrogen-bond donors (Lipinski definition) is 4. The van der Waals surface area contributed by atoms with Crippen LogP contribution in [0.1, 0.15) is 5.56 Å². The highest BCUT2D eigenvalue weighted by atomic mass is 79.9. The Morgan fingerprint density at radius 2 is 1.83 bits per heavy atom. The molecule has 2 aromatic carbocycles. The molecule has 0 fully saturated rings. The van der Waals surface area contributed by atoms with E-state index in [0.717, 1.165) is 5.69 Å². The molecule has 0 unspecified atom stereocenters. The van der Waals surface area contributed by atoms with Gasteiger partial charge in [-0.05, 0) is 47.1 Å². The number of halogens is 2. The standard InChI is InChI=1S/C8H6BrClNO4P.C7H9N/c9-5-1-2-6-4(8(5)10)3-7(11-6)15-16(12,13)14;1-6-2-4-7(8)5-3-6/h1-3,11H,(H2,12,13,14);2-5H,8H2,1H3. The molecule has 0 radical (unpaired) electrons. The summed E-state index contributed by atoms with van der Waals surface area (Å²) in [5, 5.41) is 1.08. The number of benzene rings is 2. The van der Waals surface area contributed by atoms with E-state index < -0.39 is 7.82 Å². The Hall–Kier alpha value is -1.50. The largest absolute Gasteiger partial charge is 0.525 e. The minimum atomic E-state index is -4.56. The van der Waals surface area contributed by atoms with E-state index in [1.165, 1.54) is 11.6 Å². The second-order valence-corrected chi connectivity index (χ2v) is 7.34. The summed E-state index contributed by atoms with van der Waals surface area (Å²) in [5.74, 6) is -0.0247. The number of H-pyrrole nitrogens is 1. The molecule has 9 heteroatoms. The molecule has 0 saturated heterocycles. The highest BCUT2D eigenvalue weighted by Crippen LogP contribution is 2.40. The van der Waals surface area contributed by atoms with Gasteiger partial charge in [-0.15, -0.1) is 0 Å². The lowest BCUT2D eigenvalue weighted by molar-refractivity contribution is 0.280. The van der Waals surface area contributed by atoms with Crippen molar-refractivity contribution >= 4 is 51.9 Å². The van der Waals surface area contributed by atoms with Gasteiger partial charge in [-0.1, -0.05) is 29.3 Å². The van der Waals surface area contributed by atoms with Crippen LogP contribution in [0.2, 0.25) is 5.02 Å². The van der Waals surface area contributed by atoms with E-state index in [-0.39, 0.29) is 5.88 Å². The maximum Gasteiger partial charge on any atom is 0.525 e. The molecule has 0 aliphatic rings. The van der Waals surface area contributed by atoms with E-state index in [1.807, 2.05) is 31.2 Å². The molecule has 0 spiro atoms. The number of rotatable bonds is 2. The zero-order chi connectivity index (χ0) is 17.9. The molecule has 128 valence electrons. The van der Waals surface area contributed by atoms with Gasteiger partial charge in [0.2, 0.25) is 5.88 Å². The van der Waals surface area contributed by atoms with Crippen LogP contribution in [0.3, 0.4) is 0 Å². The summed E-state index contributed by atoms with van der Waals surface area (Å²) in [6.45, 7) is 2.04. The first kappa shape index (κ1) is 18.8. The fourth-order valence-corrected chi connectivity index (χ4v) is 2.78. The van der Waals surface area contributed by atoms with Crippen molar-refractivity contribution in [2.75, 3.05) is 5.73 Å². The summed E-state index contributed by atoms with van der Waals surface area (Å²) in [7, 11) is -4.56. The van der Waals surface area contributed by atoms with Crippen molar-refractivity contribution in [3.63, 3.8) is 0 Å². The summed E-state index contributed by atoms with van der Waals surface area (Å²) in [4.78, 5) is 20.0. The molecule has 0 aliphatic carbocycles. The zero-order valence-corrected chi connectivity index (χ0v) is 15.8. The number of anilines is 1. The van der Waals surface area contributed by atoms with Crippen LogP contribution >= 0.6 is 35.4 Å². The second kappa shape index (κ2) is 7.59. The predicted octanol–water partition coefficient (Wildman–Crippen LogP) is 4.63. The first-order valence-corrected chi connectivity index (χ1v) is 9.40. The quantitative estimate of drug-likeness (QED) is 0.348. The van der Waals surface area contributed by atoms with Crippen LogP contribution in [0.25, 0.3) is 10.9 Å². The molecule has 0 atom stereocenters. The van der Waals surface area contributed by atoms with Gasteiger partial charge in [0.05, 0.1) is 5.02 Å². The van der Waals surface area contributed by atoms with Gasteiger partial charge in [-0.25, -0.2) is 4.57 Å². The molecular weight excluding hydrogens is 419 g/mol. The summed E-state index contributed by atoms with van der Waals surface area (Å²) in [6, 6.07) is 12.7. The maximum atomic E-state index is 10.6. The third-order valence-electron chi connectivity index (χ3n) is 2.96. The summed E-state index contributed by atoms with van der Waals surface area (Å²) in [6.07, 6.45) is 0. The lowest BCUT2D eigenvalue weighted by Gasteiger charge is -2.02.